The largest absolute Gasteiger partial charge is 0.356 e. The first-order chi connectivity index (χ1) is 8.72. The van der Waals surface area contributed by atoms with E-state index in [1.165, 1.54) is 0 Å². The maximum atomic E-state index is 12.5. The molecule has 3 heteroatoms. The molecule has 0 radical (unpaired) electrons. The fraction of sp³-hybridized carbons (Fsp3) is 0.133. The van der Waals surface area contributed by atoms with Crippen LogP contribution in [0.3, 0.4) is 0 Å². The SMILES string of the molecule is O=C(c1ccc(I)cc1)C1(c2ccccc2)CO1. The molecule has 2 nitrogen and oxygen atoms in total. The Morgan fingerprint density at radius 2 is 1.67 bits per heavy atom. The molecule has 0 amide bonds. The van der Waals surface area contributed by atoms with Crippen LogP contribution in [-0.4, -0.2) is 12.4 Å². The second-order valence-electron chi connectivity index (χ2n) is 4.32. The molecule has 0 spiro atoms. The molecule has 1 fully saturated rings. The Labute approximate surface area is 119 Å². The van der Waals surface area contributed by atoms with E-state index in [0.717, 1.165) is 9.13 Å². The van der Waals surface area contributed by atoms with E-state index in [4.69, 9.17) is 4.74 Å². The molecule has 1 aliphatic heterocycles. The Morgan fingerprint density at radius 3 is 2.22 bits per heavy atom. The van der Waals surface area contributed by atoms with Crippen molar-refractivity contribution in [1.29, 1.82) is 0 Å². The van der Waals surface area contributed by atoms with Gasteiger partial charge in [-0.25, -0.2) is 0 Å². The van der Waals surface area contributed by atoms with Gasteiger partial charge in [-0.3, -0.25) is 4.79 Å². The number of ether oxygens (including phenoxy) is 1. The van der Waals surface area contributed by atoms with E-state index < -0.39 is 5.60 Å². The number of hydrogen-bond acceptors (Lipinski definition) is 2. The minimum absolute atomic E-state index is 0.0464. The van der Waals surface area contributed by atoms with Crippen molar-refractivity contribution < 1.29 is 9.53 Å². The fourth-order valence-corrected chi connectivity index (χ4v) is 2.40. The molecule has 1 aliphatic rings. The summed E-state index contributed by atoms with van der Waals surface area (Å²) in [6.45, 7) is 0.474. The normalized spacial score (nSPS) is 21.6. The van der Waals surface area contributed by atoms with Crippen LogP contribution >= 0.6 is 22.6 Å². The Balaban J connectivity index is 1.96. The third kappa shape index (κ3) is 1.97. The fourth-order valence-electron chi connectivity index (χ4n) is 2.04. The van der Waals surface area contributed by atoms with Crippen molar-refractivity contribution in [1.82, 2.24) is 0 Å². The number of rotatable bonds is 3. The number of Topliss-reactive ketones (excluding diaryl/α,β-unsaturated/α-hetero) is 1. The van der Waals surface area contributed by atoms with Crippen LogP contribution in [0.2, 0.25) is 0 Å². The van der Waals surface area contributed by atoms with Crippen molar-refractivity contribution in [3.05, 3.63) is 69.3 Å². The molecule has 1 saturated heterocycles. The zero-order chi connectivity index (χ0) is 12.6. The number of benzene rings is 2. The van der Waals surface area contributed by atoms with Crippen molar-refractivity contribution >= 4 is 28.4 Å². The lowest BCUT2D eigenvalue weighted by atomic mass is 9.91. The lowest BCUT2D eigenvalue weighted by molar-refractivity contribution is 0.0871. The van der Waals surface area contributed by atoms with Crippen LogP contribution < -0.4 is 0 Å². The highest BCUT2D eigenvalue weighted by Crippen LogP contribution is 2.41. The minimum atomic E-state index is -0.742. The van der Waals surface area contributed by atoms with Gasteiger partial charge in [-0.15, -0.1) is 0 Å². The molecule has 0 N–H and O–H groups in total. The molecule has 1 atom stereocenters. The summed E-state index contributed by atoms with van der Waals surface area (Å²) in [4.78, 5) is 12.5. The molecule has 0 aliphatic carbocycles. The third-order valence-corrected chi connectivity index (χ3v) is 3.87. The Bertz CT molecular complexity index is 571. The lowest BCUT2D eigenvalue weighted by Crippen LogP contribution is -2.22. The summed E-state index contributed by atoms with van der Waals surface area (Å²) >= 11 is 2.23. The Kier molecular flexibility index (Phi) is 2.95. The van der Waals surface area contributed by atoms with E-state index >= 15 is 0 Å². The van der Waals surface area contributed by atoms with Gasteiger partial charge >= 0.3 is 0 Å². The zero-order valence-electron chi connectivity index (χ0n) is 9.60. The first kappa shape index (κ1) is 11.9. The van der Waals surface area contributed by atoms with Crippen molar-refractivity contribution in [3.63, 3.8) is 0 Å². The van der Waals surface area contributed by atoms with Crippen LogP contribution in [0.25, 0.3) is 0 Å². The lowest BCUT2D eigenvalue weighted by Gasteiger charge is -2.11. The highest BCUT2D eigenvalue weighted by molar-refractivity contribution is 14.1. The van der Waals surface area contributed by atoms with Crippen molar-refractivity contribution in [3.8, 4) is 0 Å². The van der Waals surface area contributed by atoms with Crippen molar-refractivity contribution in [2.75, 3.05) is 6.61 Å². The van der Waals surface area contributed by atoms with E-state index in [1.807, 2.05) is 54.6 Å². The van der Waals surface area contributed by atoms with E-state index in [2.05, 4.69) is 22.6 Å². The van der Waals surface area contributed by atoms with Gasteiger partial charge in [-0.1, -0.05) is 42.5 Å². The summed E-state index contributed by atoms with van der Waals surface area (Å²) in [5, 5.41) is 0. The number of halogens is 1. The molecule has 18 heavy (non-hydrogen) atoms. The molecule has 2 aromatic rings. The predicted molar refractivity (Wildman–Crippen MR) is 77.6 cm³/mol. The summed E-state index contributed by atoms with van der Waals surface area (Å²) < 4.78 is 6.60. The number of ketones is 1. The molecule has 90 valence electrons. The first-order valence-corrected chi connectivity index (χ1v) is 6.80. The van der Waals surface area contributed by atoms with E-state index in [1.54, 1.807) is 0 Å². The molecular formula is C15H11IO2. The van der Waals surface area contributed by atoms with Gasteiger partial charge in [-0.2, -0.15) is 0 Å². The summed E-state index contributed by atoms with van der Waals surface area (Å²) in [5.41, 5.74) is 0.902. The van der Waals surface area contributed by atoms with Crippen molar-refractivity contribution in [2.24, 2.45) is 0 Å². The van der Waals surface area contributed by atoms with Gasteiger partial charge < -0.3 is 4.74 Å². The molecule has 0 bridgehead atoms. The number of epoxide rings is 1. The molecular weight excluding hydrogens is 339 g/mol. The van der Waals surface area contributed by atoms with E-state index in [9.17, 15) is 4.79 Å². The number of carbonyl (C=O) groups excluding carboxylic acids is 1. The highest BCUT2D eigenvalue weighted by atomic mass is 127. The van der Waals surface area contributed by atoms with Gasteiger partial charge in [0.15, 0.2) is 5.60 Å². The minimum Gasteiger partial charge on any atom is -0.356 e. The van der Waals surface area contributed by atoms with Gasteiger partial charge in [0, 0.05) is 9.13 Å². The van der Waals surface area contributed by atoms with Gasteiger partial charge in [0.25, 0.3) is 0 Å². The zero-order valence-corrected chi connectivity index (χ0v) is 11.8. The molecule has 0 aromatic heterocycles. The van der Waals surface area contributed by atoms with Crippen molar-refractivity contribution in [2.45, 2.75) is 5.60 Å². The van der Waals surface area contributed by atoms with E-state index in [-0.39, 0.29) is 5.78 Å². The van der Waals surface area contributed by atoms with Crippen LogP contribution in [0.15, 0.2) is 54.6 Å². The van der Waals surface area contributed by atoms with Crippen LogP contribution in [0.5, 0.6) is 0 Å². The van der Waals surface area contributed by atoms with Gasteiger partial charge in [0.2, 0.25) is 5.78 Å². The molecule has 1 heterocycles. The standard InChI is InChI=1S/C15H11IO2/c16-13-8-6-11(7-9-13)14(17)15(10-18-15)12-4-2-1-3-5-12/h1-9H,10H2. The summed E-state index contributed by atoms with van der Waals surface area (Å²) in [6, 6.07) is 17.3. The quantitative estimate of drug-likeness (QED) is 0.483. The van der Waals surface area contributed by atoms with Gasteiger partial charge in [-0.05, 0) is 40.3 Å². The Morgan fingerprint density at radius 1 is 1.06 bits per heavy atom. The number of carbonyl (C=O) groups is 1. The first-order valence-electron chi connectivity index (χ1n) is 5.72. The molecule has 0 saturated carbocycles. The maximum Gasteiger partial charge on any atom is 0.201 e. The number of hydrogen-bond donors (Lipinski definition) is 0. The average Bonchev–Trinajstić information content (AvgIpc) is 3.21. The van der Waals surface area contributed by atoms with Crippen LogP contribution in [0.1, 0.15) is 15.9 Å². The van der Waals surface area contributed by atoms with Gasteiger partial charge in [0.05, 0.1) is 6.61 Å². The topological polar surface area (TPSA) is 29.6 Å². The van der Waals surface area contributed by atoms with Crippen LogP contribution in [0.4, 0.5) is 0 Å². The maximum absolute atomic E-state index is 12.5. The predicted octanol–water partition coefficient (Wildman–Crippen LogP) is 3.40. The molecule has 1 unspecified atom stereocenters. The smallest absolute Gasteiger partial charge is 0.201 e. The molecule has 3 rings (SSSR count). The second-order valence-corrected chi connectivity index (χ2v) is 5.56. The van der Waals surface area contributed by atoms with Crippen LogP contribution in [0, 0.1) is 3.57 Å². The molecule has 2 aromatic carbocycles. The van der Waals surface area contributed by atoms with Gasteiger partial charge in [0.1, 0.15) is 0 Å². The summed E-state index contributed by atoms with van der Waals surface area (Å²) in [5.74, 6) is 0.0464. The van der Waals surface area contributed by atoms with Crippen LogP contribution in [-0.2, 0) is 10.3 Å². The third-order valence-electron chi connectivity index (χ3n) is 3.15. The van der Waals surface area contributed by atoms with E-state index in [0.29, 0.717) is 12.2 Å². The average molecular weight is 350 g/mol. The monoisotopic (exact) mass is 350 g/mol. The summed E-state index contributed by atoms with van der Waals surface area (Å²) in [7, 11) is 0. The highest BCUT2D eigenvalue weighted by Gasteiger charge is 2.53. The summed E-state index contributed by atoms with van der Waals surface area (Å²) in [6.07, 6.45) is 0. The Hall–Kier alpha value is -1.20. The second kappa shape index (κ2) is 4.48.